The summed E-state index contributed by atoms with van der Waals surface area (Å²) in [6.45, 7) is 0. The molecule has 1 aliphatic carbocycles. The van der Waals surface area contributed by atoms with Crippen molar-refractivity contribution in [3.05, 3.63) is 51.4 Å². The van der Waals surface area contributed by atoms with E-state index in [0.717, 1.165) is 18.7 Å². The molecule has 1 saturated carbocycles. The van der Waals surface area contributed by atoms with Gasteiger partial charge in [-0.15, -0.1) is 10.2 Å². The highest BCUT2D eigenvalue weighted by atomic mass is 35.5. The summed E-state index contributed by atoms with van der Waals surface area (Å²) in [6, 6.07) is 4.95. The number of hydrogen-bond acceptors (Lipinski definition) is 6. The van der Waals surface area contributed by atoms with Gasteiger partial charge in [-0.25, -0.2) is 4.98 Å². The van der Waals surface area contributed by atoms with Gasteiger partial charge in [0.05, 0.1) is 10.7 Å². The summed E-state index contributed by atoms with van der Waals surface area (Å²) in [7, 11) is 0. The number of nitrogens with zero attached hydrogens (tertiary/aromatic N) is 4. The van der Waals surface area contributed by atoms with Crippen molar-refractivity contribution in [3.63, 3.8) is 0 Å². The van der Waals surface area contributed by atoms with Crippen molar-refractivity contribution in [2.45, 2.75) is 49.0 Å². The summed E-state index contributed by atoms with van der Waals surface area (Å²) in [4.78, 5) is 16.7. The van der Waals surface area contributed by atoms with Gasteiger partial charge < -0.3 is 4.42 Å². The molecule has 1 aliphatic rings. The molecule has 0 saturated heterocycles. The number of rotatable bonds is 4. The van der Waals surface area contributed by atoms with E-state index in [1.54, 1.807) is 18.3 Å². The molecule has 0 radical (unpaired) electrons. The minimum absolute atomic E-state index is 0.156. The van der Waals surface area contributed by atoms with Crippen LogP contribution in [0.25, 0.3) is 5.65 Å². The van der Waals surface area contributed by atoms with E-state index in [0.29, 0.717) is 33.3 Å². The van der Waals surface area contributed by atoms with Crippen LogP contribution in [0.4, 0.5) is 0 Å². The largest absolute Gasteiger partial charge is 0.416 e. The third-order valence-corrected chi connectivity index (χ3v) is 5.47. The summed E-state index contributed by atoms with van der Waals surface area (Å²) in [5, 5.41) is 9.34. The van der Waals surface area contributed by atoms with Gasteiger partial charge in [0.25, 0.3) is 10.8 Å². The van der Waals surface area contributed by atoms with Gasteiger partial charge in [-0.3, -0.25) is 9.20 Å². The highest BCUT2D eigenvalue weighted by molar-refractivity contribution is 7.98. The normalized spacial score (nSPS) is 15.7. The minimum atomic E-state index is -0.156. The molecule has 3 aromatic heterocycles. The molecule has 0 N–H and O–H groups in total. The van der Waals surface area contributed by atoms with Crippen molar-refractivity contribution in [3.8, 4) is 0 Å². The van der Waals surface area contributed by atoms with Crippen LogP contribution in [0.2, 0.25) is 5.02 Å². The van der Waals surface area contributed by atoms with Crippen LogP contribution in [0, 0.1) is 0 Å². The second kappa shape index (κ2) is 7.17. The van der Waals surface area contributed by atoms with E-state index in [4.69, 9.17) is 16.0 Å². The SMILES string of the molecule is O=c1cc(CSc2nnc(C3CCCCC3)o2)nc2ccc(Cl)cn12. The molecule has 6 nitrogen and oxygen atoms in total. The summed E-state index contributed by atoms with van der Waals surface area (Å²) in [5.41, 5.74) is 1.09. The van der Waals surface area contributed by atoms with E-state index < -0.39 is 0 Å². The lowest BCUT2D eigenvalue weighted by molar-refractivity contribution is 0.334. The molecule has 3 aromatic rings. The summed E-state index contributed by atoms with van der Waals surface area (Å²) in [6.07, 6.45) is 7.56. The van der Waals surface area contributed by atoms with Crippen LogP contribution in [0.15, 0.2) is 38.8 Å². The Bertz CT molecular complexity index is 949. The molecule has 0 bridgehead atoms. The molecule has 8 heteroatoms. The molecule has 0 unspecified atom stereocenters. The highest BCUT2D eigenvalue weighted by Gasteiger charge is 2.21. The van der Waals surface area contributed by atoms with Crippen LogP contribution in [0.3, 0.4) is 0 Å². The van der Waals surface area contributed by atoms with Gasteiger partial charge in [0.2, 0.25) is 5.89 Å². The van der Waals surface area contributed by atoms with E-state index in [1.165, 1.54) is 41.5 Å². The van der Waals surface area contributed by atoms with Crippen molar-refractivity contribution in [2.75, 3.05) is 0 Å². The zero-order valence-corrected chi connectivity index (χ0v) is 15.1. The molecule has 25 heavy (non-hydrogen) atoms. The Kier molecular flexibility index (Phi) is 4.76. The van der Waals surface area contributed by atoms with Gasteiger partial charge in [0, 0.05) is 23.9 Å². The van der Waals surface area contributed by atoms with E-state index in [2.05, 4.69) is 15.2 Å². The standard InChI is InChI=1S/C17H17ClN4O2S/c18-12-6-7-14-19-13(8-15(23)22(14)9-12)10-25-17-21-20-16(24-17)11-4-2-1-3-5-11/h6-9,11H,1-5,10H2. The van der Waals surface area contributed by atoms with Crippen LogP contribution >= 0.6 is 23.4 Å². The van der Waals surface area contributed by atoms with Crippen molar-refractivity contribution >= 4 is 29.0 Å². The van der Waals surface area contributed by atoms with Crippen LogP contribution in [-0.2, 0) is 5.75 Å². The van der Waals surface area contributed by atoms with Gasteiger partial charge in [-0.2, -0.15) is 0 Å². The topological polar surface area (TPSA) is 73.3 Å². The monoisotopic (exact) mass is 376 g/mol. The first-order valence-electron chi connectivity index (χ1n) is 8.33. The van der Waals surface area contributed by atoms with Gasteiger partial charge >= 0.3 is 0 Å². The molecule has 0 aromatic carbocycles. The van der Waals surface area contributed by atoms with Crippen molar-refractivity contribution in [2.24, 2.45) is 0 Å². The van der Waals surface area contributed by atoms with Gasteiger partial charge in [0.15, 0.2) is 0 Å². The molecule has 0 atom stereocenters. The summed E-state index contributed by atoms with van der Waals surface area (Å²) < 4.78 is 7.23. The van der Waals surface area contributed by atoms with Crippen LogP contribution in [-0.4, -0.2) is 19.6 Å². The predicted molar refractivity (Wildman–Crippen MR) is 96.2 cm³/mol. The van der Waals surface area contributed by atoms with Gasteiger partial charge in [-0.05, 0) is 25.0 Å². The van der Waals surface area contributed by atoms with Crippen LogP contribution in [0.1, 0.15) is 49.6 Å². The Morgan fingerprint density at radius 3 is 2.92 bits per heavy atom. The Morgan fingerprint density at radius 2 is 2.08 bits per heavy atom. The van der Waals surface area contributed by atoms with E-state index in [9.17, 15) is 4.79 Å². The lowest BCUT2D eigenvalue weighted by atomic mass is 9.89. The molecule has 4 rings (SSSR count). The number of pyridine rings is 1. The van der Waals surface area contributed by atoms with Crippen molar-refractivity contribution < 1.29 is 4.42 Å². The first-order chi connectivity index (χ1) is 12.2. The van der Waals surface area contributed by atoms with Crippen LogP contribution in [0.5, 0.6) is 0 Å². The number of halogens is 1. The lowest BCUT2D eigenvalue weighted by Crippen LogP contribution is -2.15. The Morgan fingerprint density at radius 1 is 1.24 bits per heavy atom. The smallest absolute Gasteiger partial charge is 0.276 e. The molecule has 1 fully saturated rings. The molecular formula is C17H17ClN4O2S. The molecule has 0 spiro atoms. The molecular weight excluding hydrogens is 360 g/mol. The number of fused-ring (bicyclic) bond motifs is 1. The predicted octanol–water partition coefficient (Wildman–Crippen LogP) is 4.07. The van der Waals surface area contributed by atoms with Gasteiger partial charge in [-0.1, -0.05) is 42.6 Å². The summed E-state index contributed by atoms with van der Waals surface area (Å²) >= 11 is 7.32. The zero-order chi connectivity index (χ0) is 17.2. The molecule has 130 valence electrons. The third kappa shape index (κ3) is 3.72. The Balaban J connectivity index is 1.48. The maximum atomic E-state index is 12.2. The van der Waals surface area contributed by atoms with Crippen molar-refractivity contribution in [1.82, 2.24) is 19.6 Å². The Labute approximate surface area is 153 Å². The van der Waals surface area contributed by atoms with Crippen LogP contribution < -0.4 is 5.56 Å². The fourth-order valence-corrected chi connectivity index (χ4v) is 3.95. The van der Waals surface area contributed by atoms with E-state index in [1.807, 2.05) is 0 Å². The van der Waals surface area contributed by atoms with E-state index >= 15 is 0 Å². The molecule has 0 aliphatic heterocycles. The third-order valence-electron chi connectivity index (χ3n) is 4.40. The zero-order valence-electron chi connectivity index (χ0n) is 13.5. The number of hydrogen-bond donors (Lipinski definition) is 0. The molecule has 0 amide bonds. The van der Waals surface area contributed by atoms with Gasteiger partial charge in [0.1, 0.15) is 5.65 Å². The van der Waals surface area contributed by atoms with Crippen molar-refractivity contribution in [1.29, 1.82) is 0 Å². The number of aromatic nitrogens is 4. The average Bonchev–Trinajstić information content (AvgIpc) is 3.10. The average molecular weight is 377 g/mol. The number of thioether (sulfide) groups is 1. The first-order valence-corrected chi connectivity index (χ1v) is 9.69. The quantitative estimate of drug-likeness (QED) is 0.639. The maximum absolute atomic E-state index is 12.2. The Hall–Kier alpha value is -1.86. The minimum Gasteiger partial charge on any atom is -0.416 e. The fraction of sp³-hybridized carbons (Fsp3) is 0.412. The highest BCUT2D eigenvalue weighted by Crippen LogP contribution is 2.33. The fourth-order valence-electron chi connectivity index (χ4n) is 3.13. The maximum Gasteiger partial charge on any atom is 0.276 e. The second-order valence-electron chi connectivity index (χ2n) is 6.19. The summed E-state index contributed by atoms with van der Waals surface area (Å²) in [5.74, 6) is 1.63. The molecule has 3 heterocycles. The lowest BCUT2D eigenvalue weighted by Gasteiger charge is -2.17. The van der Waals surface area contributed by atoms with E-state index in [-0.39, 0.29) is 5.56 Å². The second-order valence-corrected chi connectivity index (χ2v) is 7.55. The first kappa shape index (κ1) is 16.6.